The highest BCUT2D eigenvalue weighted by molar-refractivity contribution is 7.99. The van der Waals surface area contributed by atoms with E-state index in [1.54, 1.807) is 48.7 Å². The van der Waals surface area contributed by atoms with Gasteiger partial charge in [-0.1, -0.05) is 30.0 Å². The molecule has 2 heterocycles. The van der Waals surface area contributed by atoms with Gasteiger partial charge in [0.25, 0.3) is 5.91 Å². The molecule has 2 aromatic heterocycles. The summed E-state index contributed by atoms with van der Waals surface area (Å²) in [5.41, 5.74) is 13.6. The number of hydrogen-bond acceptors (Lipinski definition) is 8. The number of aromatic amines is 1. The number of esters is 1. The van der Waals surface area contributed by atoms with Crippen molar-refractivity contribution in [3.63, 3.8) is 0 Å². The first-order valence-electron chi connectivity index (χ1n) is 10.0. The first-order chi connectivity index (χ1) is 16.4. The van der Waals surface area contributed by atoms with Gasteiger partial charge in [-0.05, 0) is 29.8 Å². The Balaban J connectivity index is 1.51. The number of primary amides is 1. The minimum absolute atomic E-state index is 0.0216. The molecule has 6 N–H and O–H groups in total. The Kier molecular flexibility index (Phi) is 6.46. The number of methoxy groups -OCH3 is 1. The highest BCUT2D eigenvalue weighted by Gasteiger charge is 2.17. The molecule has 0 bridgehead atoms. The normalized spacial score (nSPS) is 10.7. The molecule has 2 aromatic carbocycles. The van der Waals surface area contributed by atoms with E-state index in [2.05, 4.69) is 20.3 Å². The molecular formula is C23H20N6O4S. The second-order valence-corrected chi connectivity index (χ2v) is 8.22. The topological polar surface area (TPSA) is 166 Å². The molecule has 0 radical (unpaired) electrons. The van der Waals surface area contributed by atoms with Crippen LogP contribution in [-0.2, 0) is 11.3 Å². The highest BCUT2D eigenvalue weighted by Crippen LogP contribution is 2.29. The van der Waals surface area contributed by atoms with Crippen LogP contribution in [0.5, 0.6) is 0 Å². The zero-order valence-electron chi connectivity index (χ0n) is 18.0. The Bertz CT molecular complexity index is 1420. The average molecular weight is 477 g/mol. The largest absolute Gasteiger partial charge is 0.465 e. The number of fused-ring (bicyclic) bond motifs is 1. The molecule has 4 rings (SSSR count). The molecule has 0 aliphatic heterocycles. The number of aromatic nitrogens is 3. The monoisotopic (exact) mass is 476 g/mol. The van der Waals surface area contributed by atoms with Crippen molar-refractivity contribution < 1.29 is 19.1 Å². The SMILES string of the molecule is COC(=O)c1ccc2c(CNC(=O)c3nc(Sc4ccccc4C(N)=O)cnc3N)c[nH]c2c1. The Hall–Kier alpha value is -4.38. The standard InChI is InChI=1S/C23H20N6O4S/c1-33-23(32)12-6-7-14-13(9-26-16(14)8-12)10-28-22(31)19-20(24)27-11-18(29-19)34-17-5-3-2-4-15(17)21(25)30/h2-9,11,26H,10H2,1H3,(H2,24,27)(H2,25,30)(H,28,31). The second kappa shape index (κ2) is 9.63. The van der Waals surface area contributed by atoms with Crippen LogP contribution in [0.15, 0.2) is 64.8 Å². The van der Waals surface area contributed by atoms with Crippen LogP contribution in [0.1, 0.15) is 36.8 Å². The van der Waals surface area contributed by atoms with Gasteiger partial charge in [0.05, 0.1) is 24.4 Å². The fourth-order valence-corrected chi connectivity index (χ4v) is 4.20. The molecule has 0 spiro atoms. The van der Waals surface area contributed by atoms with Crippen LogP contribution in [0.3, 0.4) is 0 Å². The molecule has 2 amide bonds. The lowest BCUT2D eigenvalue weighted by atomic mass is 10.1. The molecule has 4 aromatic rings. The molecule has 0 fully saturated rings. The number of carbonyl (C=O) groups excluding carboxylic acids is 3. The summed E-state index contributed by atoms with van der Waals surface area (Å²) in [5, 5.41) is 4.02. The van der Waals surface area contributed by atoms with E-state index in [-0.39, 0.29) is 18.1 Å². The van der Waals surface area contributed by atoms with Crippen LogP contribution in [-0.4, -0.2) is 39.8 Å². The van der Waals surface area contributed by atoms with Crippen molar-refractivity contribution in [3.8, 4) is 0 Å². The fraction of sp³-hybridized carbons (Fsp3) is 0.0870. The van der Waals surface area contributed by atoms with Crippen LogP contribution < -0.4 is 16.8 Å². The summed E-state index contributed by atoms with van der Waals surface area (Å²) in [6, 6.07) is 11.9. The number of rotatable bonds is 7. The smallest absolute Gasteiger partial charge is 0.337 e. The van der Waals surface area contributed by atoms with Crippen LogP contribution in [0.25, 0.3) is 10.9 Å². The highest BCUT2D eigenvalue weighted by atomic mass is 32.2. The van der Waals surface area contributed by atoms with E-state index in [0.717, 1.165) is 28.2 Å². The lowest BCUT2D eigenvalue weighted by Gasteiger charge is -2.09. The van der Waals surface area contributed by atoms with Crippen molar-refractivity contribution in [2.24, 2.45) is 5.73 Å². The summed E-state index contributed by atoms with van der Waals surface area (Å²) in [6.07, 6.45) is 3.17. The van der Waals surface area contributed by atoms with Gasteiger partial charge in [-0.3, -0.25) is 9.59 Å². The van der Waals surface area contributed by atoms with Gasteiger partial charge in [0.2, 0.25) is 5.91 Å². The summed E-state index contributed by atoms with van der Waals surface area (Å²) in [4.78, 5) is 48.3. The van der Waals surface area contributed by atoms with Crippen LogP contribution in [0.2, 0.25) is 0 Å². The molecular weight excluding hydrogens is 456 g/mol. The fourth-order valence-electron chi connectivity index (χ4n) is 3.31. The van der Waals surface area contributed by atoms with Gasteiger partial charge in [-0.25, -0.2) is 14.8 Å². The first-order valence-corrected chi connectivity index (χ1v) is 10.8. The zero-order chi connectivity index (χ0) is 24.2. The van der Waals surface area contributed by atoms with Crippen molar-refractivity contribution in [1.82, 2.24) is 20.3 Å². The van der Waals surface area contributed by atoms with Crippen molar-refractivity contribution in [2.45, 2.75) is 16.5 Å². The quantitative estimate of drug-likeness (QED) is 0.295. The van der Waals surface area contributed by atoms with E-state index >= 15 is 0 Å². The lowest BCUT2D eigenvalue weighted by Crippen LogP contribution is -2.25. The van der Waals surface area contributed by atoms with E-state index in [4.69, 9.17) is 16.2 Å². The van der Waals surface area contributed by atoms with Crippen molar-refractivity contribution in [1.29, 1.82) is 0 Å². The number of anilines is 1. The summed E-state index contributed by atoms with van der Waals surface area (Å²) in [7, 11) is 1.32. The minimum Gasteiger partial charge on any atom is -0.465 e. The number of nitrogens with zero attached hydrogens (tertiary/aromatic N) is 2. The third kappa shape index (κ3) is 4.69. The number of amides is 2. The van der Waals surface area contributed by atoms with Crippen LogP contribution in [0, 0.1) is 0 Å². The Morgan fingerprint density at radius 2 is 1.97 bits per heavy atom. The number of benzene rings is 2. The molecule has 0 unspecified atom stereocenters. The molecule has 0 saturated heterocycles. The summed E-state index contributed by atoms with van der Waals surface area (Å²) >= 11 is 1.15. The third-order valence-corrected chi connectivity index (χ3v) is 5.97. The van der Waals surface area contributed by atoms with Gasteiger partial charge in [0.1, 0.15) is 5.03 Å². The van der Waals surface area contributed by atoms with E-state index < -0.39 is 17.8 Å². The molecule has 0 aliphatic rings. The van der Waals surface area contributed by atoms with Gasteiger partial charge in [-0.15, -0.1) is 0 Å². The number of carbonyl (C=O) groups is 3. The maximum absolute atomic E-state index is 12.8. The molecule has 11 heteroatoms. The van der Waals surface area contributed by atoms with Gasteiger partial charge < -0.3 is 26.5 Å². The van der Waals surface area contributed by atoms with Crippen LogP contribution in [0.4, 0.5) is 5.82 Å². The molecule has 34 heavy (non-hydrogen) atoms. The van der Waals surface area contributed by atoms with Gasteiger partial charge in [-0.2, -0.15) is 0 Å². The number of ether oxygens (including phenoxy) is 1. The van der Waals surface area contributed by atoms with E-state index in [0.29, 0.717) is 21.0 Å². The Labute approximate surface area is 198 Å². The molecule has 10 nitrogen and oxygen atoms in total. The Morgan fingerprint density at radius 3 is 2.74 bits per heavy atom. The molecule has 172 valence electrons. The Morgan fingerprint density at radius 1 is 1.18 bits per heavy atom. The van der Waals surface area contributed by atoms with Crippen LogP contribution >= 0.6 is 11.8 Å². The molecule has 0 aliphatic carbocycles. The minimum atomic E-state index is -0.568. The number of hydrogen-bond donors (Lipinski definition) is 4. The number of H-pyrrole nitrogens is 1. The van der Waals surface area contributed by atoms with E-state index in [1.807, 2.05) is 0 Å². The van der Waals surface area contributed by atoms with Gasteiger partial charge in [0.15, 0.2) is 11.5 Å². The average Bonchev–Trinajstić information content (AvgIpc) is 3.25. The first kappa shape index (κ1) is 22.8. The zero-order valence-corrected chi connectivity index (χ0v) is 18.8. The predicted octanol–water partition coefficient (Wildman–Crippen LogP) is 2.51. The third-order valence-electron chi connectivity index (χ3n) is 4.99. The number of nitrogens with one attached hydrogen (secondary N) is 2. The maximum atomic E-state index is 12.8. The molecule has 0 atom stereocenters. The van der Waals surface area contributed by atoms with Crippen molar-refractivity contribution >= 4 is 46.3 Å². The van der Waals surface area contributed by atoms with E-state index in [9.17, 15) is 14.4 Å². The van der Waals surface area contributed by atoms with E-state index in [1.165, 1.54) is 13.3 Å². The number of nitrogens with two attached hydrogens (primary N) is 2. The maximum Gasteiger partial charge on any atom is 0.337 e. The second-order valence-electron chi connectivity index (χ2n) is 7.15. The summed E-state index contributed by atoms with van der Waals surface area (Å²) < 4.78 is 4.74. The molecule has 0 saturated carbocycles. The summed E-state index contributed by atoms with van der Waals surface area (Å²) in [6.45, 7) is 0.194. The van der Waals surface area contributed by atoms with Gasteiger partial charge >= 0.3 is 5.97 Å². The van der Waals surface area contributed by atoms with Gasteiger partial charge in [0, 0.05) is 28.5 Å². The summed E-state index contributed by atoms with van der Waals surface area (Å²) in [5.74, 6) is -1.53. The van der Waals surface area contributed by atoms with Crippen molar-refractivity contribution in [2.75, 3.05) is 12.8 Å². The lowest BCUT2D eigenvalue weighted by molar-refractivity contribution is 0.0600. The predicted molar refractivity (Wildman–Crippen MR) is 126 cm³/mol. The number of nitrogen functional groups attached to an aromatic ring is 1. The van der Waals surface area contributed by atoms with Crippen molar-refractivity contribution in [3.05, 3.63) is 77.2 Å².